The summed E-state index contributed by atoms with van der Waals surface area (Å²) in [6.45, 7) is 1.80. The molecule has 0 saturated heterocycles. The Morgan fingerprint density at radius 1 is 1.06 bits per heavy atom. The van der Waals surface area contributed by atoms with Crippen LogP contribution in [0.1, 0.15) is 35.1 Å². The number of rotatable bonds is 4. The van der Waals surface area contributed by atoms with Crippen molar-refractivity contribution >= 4 is 48.9 Å². The van der Waals surface area contributed by atoms with Gasteiger partial charge in [-0.2, -0.15) is 0 Å². The van der Waals surface area contributed by atoms with E-state index in [9.17, 15) is 8.42 Å². The highest BCUT2D eigenvalue weighted by molar-refractivity contribution is 9.10. The molecule has 2 aliphatic rings. The SMILES string of the molecule is Cc1c(Cl)cccc1NS(=O)(=O)c1ccc2c(c1)[C@@H]1C=CC[C@@H]1[C@H](c1ccccc1Br)N2. The van der Waals surface area contributed by atoms with Gasteiger partial charge in [0.05, 0.1) is 16.6 Å². The maximum absolute atomic E-state index is 13.2. The Morgan fingerprint density at radius 2 is 1.88 bits per heavy atom. The zero-order valence-corrected chi connectivity index (χ0v) is 20.5. The minimum absolute atomic E-state index is 0.146. The highest BCUT2D eigenvalue weighted by atomic mass is 79.9. The van der Waals surface area contributed by atoms with E-state index >= 15 is 0 Å². The van der Waals surface area contributed by atoms with Crippen LogP contribution < -0.4 is 10.0 Å². The van der Waals surface area contributed by atoms with Crippen LogP contribution in [0.5, 0.6) is 0 Å². The summed E-state index contributed by atoms with van der Waals surface area (Å²) in [5, 5.41) is 4.19. The minimum atomic E-state index is -3.76. The molecule has 0 saturated carbocycles. The molecular formula is C25H22BrClN2O2S. The maximum atomic E-state index is 13.2. The molecule has 0 fully saturated rings. The Kier molecular flexibility index (Phi) is 5.56. The summed E-state index contributed by atoms with van der Waals surface area (Å²) in [7, 11) is -3.76. The van der Waals surface area contributed by atoms with Gasteiger partial charge in [-0.05, 0) is 72.4 Å². The monoisotopic (exact) mass is 528 g/mol. The smallest absolute Gasteiger partial charge is 0.261 e. The van der Waals surface area contributed by atoms with Crippen LogP contribution in [0.3, 0.4) is 0 Å². The van der Waals surface area contributed by atoms with Gasteiger partial charge in [-0.1, -0.05) is 63.9 Å². The quantitative estimate of drug-likeness (QED) is 0.356. The molecule has 0 aromatic heterocycles. The van der Waals surface area contributed by atoms with Crippen molar-refractivity contribution < 1.29 is 8.42 Å². The van der Waals surface area contributed by atoms with E-state index in [2.05, 4.69) is 50.3 Å². The van der Waals surface area contributed by atoms with Gasteiger partial charge in [-0.25, -0.2) is 8.42 Å². The first-order valence-corrected chi connectivity index (χ1v) is 13.1. The highest BCUT2D eigenvalue weighted by Gasteiger charge is 2.39. The summed E-state index contributed by atoms with van der Waals surface area (Å²) >= 11 is 9.86. The van der Waals surface area contributed by atoms with Crippen molar-refractivity contribution in [2.75, 3.05) is 10.0 Å². The summed E-state index contributed by atoms with van der Waals surface area (Å²) < 4.78 is 30.1. The third-order valence-electron chi connectivity index (χ3n) is 6.40. The van der Waals surface area contributed by atoms with E-state index in [1.165, 1.54) is 5.56 Å². The number of sulfonamides is 1. The van der Waals surface area contributed by atoms with Gasteiger partial charge in [0.2, 0.25) is 0 Å². The van der Waals surface area contributed by atoms with Crippen molar-refractivity contribution in [1.29, 1.82) is 0 Å². The van der Waals surface area contributed by atoms with Crippen molar-refractivity contribution in [3.63, 3.8) is 0 Å². The van der Waals surface area contributed by atoms with E-state index in [0.717, 1.165) is 22.1 Å². The lowest BCUT2D eigenvalue weighted by molar-refractivity contribution is 0.424. The molecule has 4 nitrogen and oxygen atoms in total. The van der Waals surface area contributed by atoms with Gasteiger partial charge in [-0.15, -0.1) is 0 Å². The molecule has 1 aliphatic heterocycles. The Morgan fingerprint density at radius 3 is 2.69 bits per heavy atom. The number of hydrogen-bond acceptors (Lipinski definition) is 3. The van der Waals surface area contributed by atoms with Gasteiger partial charge in [0.1, 0.15) is 0 Å². The number of nitrogens with one attached hydrogen (secondary N) is 2. The van der Waals surface area contributed by atoms with E-state index in [1.807, 2.05) is 18.2 Å². The Bertz CT molecular complexity index is 1340. The summed E-state index contributed by atoms with van der Waals surface area (Å²) in [6, 6.07) is 18.9. The van der Waals surface area contributed by atoms with Crippen molar-refractivity contribution in [2.24, 2.45) is 5.92 Å². The van der Waals surface area contributed by atoms with E-state index in [1.54, 1.807) is 37.3 Å². The van der Waals surface area contributed by atoms with Crippen LogP contribution in [-0.4, -0.2) is 8.42 Å². The lowest BCUT2D eigenvalue weighted by Gasteiger charge is -2.38. The molecule has 3 aromatic carbocycles. The zero-order valence-electron chi connectivity index (χ0n) is 17.3. The largest absolute Gasteiger partial charge is 0.378 e. The van der Waals surface area contributed by atoms with Gasteiger partial charge in [0, 0.05) is 21.1 Å². The molecule has 32 heavy (non-hydrogen) atoms. The second kappa shape index (κ2) is 8.25. The van der Waals surface area contributed by atoms with Gasteiger partial charge in [0.15, 0.2) is 0 Å². The predicted molar refractivity (Wildman–Crippen MR) is 134 cm³/mol. The number of hydrogen-bond donors (Lipinski definition) is 2. The topological polar surface area (TPSA) is 58.2 Å². The zero-order chi connectivity index (χ0) is 22.5. The lowest BCUT2D eigenvalue weighted by atomic mass is 9.77. The Labute approximate surface area is 201 Å². The van der Waals surface area contributed by atoms with Crippen molar-refractivity contribution in [2.45, 2.75) is 30.2 Å². The standard InChI is InChI=1S/C25H22BrClN2O2S/c1-15-22(27)10-5-11-23(15)29-32(30,31)16-12-13-24-20(14-16)17-7-4-8-18(17)25(28-24)19-6-2-3-9-21(19)26/h2-7,9-14,17-18,25,28-29H,8H2,1H3/t17-,18+,25-/m1/s1. The van der Waals surface area contributed by atoms with Crippen LogP contribution in [0.4, 0.5) is 11.4 Å². The summed E-state index contributed by atoms with van der Waals surface area (Å²) in [6.07, 6.45) is 5.35. The molecule has 0 bridgehead atoms. The van der Waals surface area contributed by atoms with E-state index < -0.39 is 10.0 Å². The third kappa shape index (κ3) is 3.74. The van der Waals surface area contributed by atoms with Crippen LogP contribution in [0, 0.1) is 12.8 Å². The van der Waals surface area contributed by atoms with E-state index in [0.29, 0.717) is 22.2 Å². The molecule has 2 N–H and O–H groups in total. The normalized spacial score (nSPS) is 21.5. The molecule has 0 radical (unpaired) electrons. The Balaban J connectivity index is 1.51. The number of benzene rings is 3. The molecule has 1 heterocycles. The summed E-state index contributed by atoms with van der Waals surface area (Å²) in [5.74, 6) is 0.480. The molecule has 5 rings (SSSR count). The van der Waals surface area contributed by atoms with Crippen LogP contribution in [0.2, 0.25) is 5.02 Å². The second-order valence-electron chi connectivity index (χ2n) is 8.26. The molecule has 164 valence electrons. The third-order valence-corrected chi connectivity index (χ3v) is 8.89. The fraction of sp³-hybridized carbons (Fsp3) is 0.200. The van der Waals surface area contributed by atoms with Crippen LogP contribution in [0.25, 0.3) is 0 Å². The average Bonchev–Trinajstić information content (AvgIpc) is 3.27. The van der Waals surface area contributed by atoms with E-state index in [-0.39, 0.29) is 16.9 Å². The van der Waals surface area contributed by atoms with Crippen LogP contribution in [0.15, 0.2) is 82.2 Å². The number of fused-ring (bicyclic) bond motifs is 3. The highest BCUT2D eigenvalue weighted by Crippen LogP contribution is 2.51. The van der Waals surface area contributed by atoms with Crippen LogP contribution >= 0.6 is 27.5 Å². The van der Waals surface area contributed by atoms with Gasteiger partial charge in [-0.3, -0.25) is 4.72 Å². The van der Waals surface area contributed by atoms with Gasteiger partial charge >= 0.3 is 0 Å². The molecule has 7 heteroatoms. The minimum Gasteiger partial charge on any atom is -0.378 e. The summed E-state index contributed by atoms with van der Waals surface area (Å²) in [4.78, 5) is 0.246. The first-order chi connectivity index (χ1) is 15.3. The molecule has 0 unspecified atom stereocenters. The Hall–Kier alpha value is -2.28. The predicted octanol–water partition coefficient (Wildman–Crippen LogP) is 7.04. The van der Waals surface area contributed by atoms with E-state index in [4.69, 9.17) is 11.6 Å². The van der Waals surface area contributed by atoms with Crippen molar-refractivity contribution in [3.8, 4) is 0 Å². The first-order valence-electron chi connectivity index (χ1n) is 10.4. The summed E-state index contributed by atoms with van der Waals surface area (Å²) in [5.41, 5.74) is 4.38. The number of allylic oxidation sites excluding steroid dienone is 2. The van der Waals surface area contributed by atoms with Crippen molar-refractivity contribution in [3.05, 3.63) is 99.0 Å². The molecule has 1 aliphatic carbocycles. The van der Waals surface area contributed by atoms with Gasteiger partial charge < -0.3 is 5.32 Å². The molecular weight excluding hydrogens is 508 g/mol. The van der Waals surface area contributed by atoms with Gasteiger partial charge in [0.25, 0.3) is 10.0 Å². The first kappa shape index (κ1) is 21.6. The fourth-order valence-electron chi connectivity index (χ4n) is 4.70. The molecule has 0 amide bonds. The average molecular weight is 530 g/mol. The fourth-order valence-corrected chi connectivity index (χ4v) is 6.56. The maximum Gasteiger partial charge on any atom is 0.261 e. The number of anilines is 2. The van der Waals surface area contributed by atoms with Crippen LogP contribution in [-0.2, 0) is 10.0 Å². The lowest BCUT2D eigenvalue weighted by Crippen LogP contribution is -2.29. The number of halogens is 2. The molecule has 0 spiro atoms. The second-order valence-corrected chi connectivity index (χ2v) is 11.2. The van der Waals surface area contributed by atoms with Crippen molar-refractivity contribution in [1.82, 2.24) is 0 Å². The molecule has 3 atom stereocenters. The molecule has 3 aromatic rings.